The molecule has 0 saturated heterocycles. The maximum absolute atomic E-state index is 13.1. The molecular formula is C20H25FN2O2. The Bertz CT molecular complexity index is 729. The summed E-state index contributed by atoms with van der Waals surface area (Å²) in [5, 5.41) is 2.89. The maximum atomic E-state index is 13.1. The van der Waals surface area contributed by atoms with Crippen molar-refractivity contribution < 1.29 is 13.9 Å². The largest absolute Gasteiger partial charge is 0.375 e. The van der Waals surface area contributed by atoms with Crippen LogP contribution in [-0.4, -0.2) is 38.3 Å². The van der Waals surface area contributed by atoms with Crippen molar-refractivity contribution in [1.82, 2.24) is 5.32 Å². The first-order valence-electron chi connectivity index (χ1n) is 8.69. The number of rotatable bonds is 3. The molecule has 2 aliphatic rings. The average molecular weight is 344 g/mol. The summed E-state index contributed by atoms with van der Waals surface area (Å²) in [6, 6.07) is 6.02. The Balaban J connectivity index is 1.81. The maximum Gasteiger partial charge on any atom is 0.230 e. The molecule has 1 amide bonds. The van der Waals surface area contributed by atoms with E-state index >= 15 is 0 Å². The lowest BCUT2D eigenvalue weighted by Crippen LogP contribution is -2.46. The van der Waals surface area contributed by atoms with Gasteiger partial charge in [-0.1, -0.05) is 17.9 Å². The predicted octanol–water partition coefficient (Wildman–Crippen LogP) is 2.65. The van der Waals surface area contributed by atoms with E-state index < -0.39 is 17.6 Å². The number of amides is 1. The van der Waals surface area contributed by atoms with Gasteiger partial charge in [-0.25, -0.2) is 4.39 Å². The van der Waals surface area contributed by atoms with Crippen molar-refractivity contribution in [2.45, 2.75) is 38.8 Å². The van der Waals surface area contributed by atoms with Gasteiger partial charge in [-0.2, -0.15) is 0 Å². The van der Waals surface area contributed by atoms with Gasteiger partial charge in [0, 0.05) is 30.4 Å². The van der Waals surface area contributed by atoms with E-state index in [1.165, 1.54) is 0 Å². The van der Waals surface area contributed by atoms with Crippen LogP contribution < -0.4 is 10.2 Å². The van der Waals surface area contributed by atoms with Crippen LogP contribution >= 0.6 is 0 Å². The highest BCUT2D eigenvalue weighted by Gasteiger charge is 2.51. The highest BCUT2D eigenvalue weighted by atomic mass is 19.1. The Morgan fingerprint density at radius 1 is 1.44 bits per heavy atom. The first-order valence-corrected chi connectivity index (χ1v) is 8.69. The Kier molecular flexibility index (Phi) is 4.75. The smallest absolute Gasteiger partial charge is 0.230 e. The van der Waals surface area contributed by atoms with Crippen molar-refractivity contribution in [3.63, 3.8) is 0 Å². The fraction of sp³-hybridized carbons (Fsp3) is 0.550. The molecule has 0 atom stereocenters. The average Bonchev–Trinajstić information content (AvgIpc) is 3.39. The van der Waals surface area contributed by atoms with Crippen molar-refractivity contribution >= 4 is 11.6 Å². The number of anilines is 1. The summed E-state index contributed by atoms with van der Waals surface area (Å²) < 4.78 is 18.7. The summed E-state index contributed by atoms with van der Waals surface area (Å²) >= 11 is 0. The zero-order valence-corrected chi connectivity index (χ0v) is 15.1. The number of benzene rings is 1. The Morgan fingerprint density at radius 2 is 2.20 bits per heavy atom. The van der Waals surface area contributed by atoms with Crippen LogP contribution in [0.1, 0.15) is 37.8 Å². The number of hydrogen-bond acceptors (Lipinski definition) is 3. The van der Waals surface area contributed by atoms with Gasteiger partial charge in [0.15, 0.2) is 0 Å². The van der Waals surface area contributed by atoms with Gasteiger partial charge in [0.2, 0.25) is 5.91 Å². The van der Waals surface area contributed by atoms with Gasteiger partial charge >= 0.3 is 0 Å². The lowest BCUT2D eigenvalue weighted by molar-refractivity contribution is -0.128. The summed E-state index contributed by atoms with van der Waals surface area (Å²) in [6.07, 6.45) is 1.24. The Labute approximate surface area is 148 Å². The van der Waals surface area contributed by atoms with E-state index in [9.17, 15) is 9.18 Å². The highest BCUT2D eigenvalue weighted by molar-refractivity contribution is 5.86. The zero-order chi connectivity index (χ0) is 18.1. The van der Waals surface area contributed by atoms with Gasteiger partial charge in [0.05, 0.1) is 24.2 Å². The molecule has 1 aliphatic heterocycles. The number of carbonyl (C=O) groups is 1. The summed E-state index contributed by atoms with van der Waals surface area (Å²) in [4.78, 5) is 14.4. The quantitative estimate of drug-likeness (QED) is 0.857. The SMILES string of the molecule is CN1CCOCc2c(C#CC(C)(C)NC(=O)C3(CF)CC3)cccc21. The lowest BCUT2D eigenvalue weighted by atomic mass is 10.00. The highest BCUT2D eigenvalue weighted by Crippen LogP contribution is 2.46. The molecule has 1 saturated carbocycles. The normalized spacial score (nSPS) is 18.5. The van der Waals surface area contributed by atoms with Crippen LogP contribution in [0.5, 0.6) is 0 Å². The summed E-state index contributed by atoms with van der Waals surface area (Å²) in [7, 11) is 2.04. The topological polar surface area (TPSA) is 41.6 Å². The number of hydrogen-bond donors (Lipinski definition) is 1. The molecule has 3 rings (SSSR count). The predicted molar refractivity (Wildman–Crippen MR) is 96.1 cm³/mol. The van der Waals surface area contributed by atoms with Gasteiger partial charge < -0.3 is 15.0 Å². The van der Waals surface area contributed by atoms with E-state index in [1.54, 1.807) is 0 Å². The molecule has 0 bridgehead atoms. The first-order chi connectivity index (χ1) is 11.9. The number of carbonyl (C=O) groups excluding carboxylic acids is 1. The van der Waals surface area contributed by atoms with Gasteiger partial charge in [-0.15, -0.1) is 0 Å². The van der Waals surface area contributed by atoms with Crippen molar-refractivity contribution in [3.05, 3.63) is 29.3 Å². The molecule has 0 spiro atoms. The lowest BCUT2D eigenvalue weighted by Gasteiger charge is -2.23. The molecule has 1 aliphatic carbocycles. The van der Waals surface area contributed by atoms with E-state index in [2.05, 4.69) is 28.1 Å². The van der Waals surface area contributed by atoms with Crippen molar-refractivity contribution in [2.24, 2.45) is 5.41 Å². The minimum absolute atomic E-state index is 0.232. The molecule has 0 radical (unpaired) electrons. The van der Waals surface area contributed by atoms with Crippen molar-refractivity contribution in [3.8, 4) is 11.8 Å². The first kappa shape index (κ1) is 17.8. The molecule has 4 nitrogen and oxygen atoms in total. The number of likely N-dealkylation sites (N-methyl/N-ethyl adjacent to an activating group) is 1. The minimum Gasteiger partial charge on any atom is -0.375 e. The molecule has 1 aromatic rings. The molecule has 0 aromatic heterocycles. The number of alkyl halides is 1. The second kappa shape index (κ2) is 6.68. The van der Waals surface area contributed by atoms with Crippen LogP contribution in [0.3, 0.4) is 0 Å². The van der Waals surface area contributed by atoms with Crippen LogP contribution in [0, 0.1) is 17.3 Å². The second-order valence-electron chi connectivity index (χ2n) is 7.52. The molecule has 134 valence electrons. The third-order valence-electron chi connectivity index (χ3n) is 4.91. The number of ether oxygens (including phenoxy) is 1. The molecule has 1 fully saturated rings. The van der Waals surface area contributed by atoms with E-state index in [4.69, 9.17) is 4.74 Å². The summed E-state index contributed by atoms with van der Waals surface area (Å²) in [5.74, 6) is 6.10. The van der Waals surface area contributed by atoms with Crippen molar-refractivity contribution in [1.29, 1.82) is 0 Å². The standard InChI is InChI=1S/C20H25FN2O2/c1-19(2,22-18(24)20(14-21)9-10-20)8-7-15-5-4-6-17-16(15)13-25-12-11-23(17)3/h4-6H,9-14H2,1-3H3,(H,22,24). The minimum atomic E-state index is -0.806. The van der Waals surface area contributed by atoms with Crippen molar-refractivity contribution in [2.75, 3.05) is 31.8 Å². The fourth-order valence-corrected chi connectivity index (χ4v) is 2.94. The van der Waals surface area contributed by atoms with E-state index in [1.807, 2.05) is 33.0 Å². The third kappa shape index (κ3) is 3.80. The molecule has 1 heterocycles. The molecule has 25 heavy (non-hydrogen) atoms. The van der Waals surface area contributed by atoms with Gasteiger partial charge in [0.1, 0.15) is 6.67 Å². The van der Waals surface area contributed by atoms with E-state index in [0.29, 0.717) is 26.1 Å². The number of nitrogens with one attached hydrogen (secondary N) is 1. The van der Waals surface area contributed by atoms with Crippen LogP contribution in [0.25, 0.3) is 0 Å². The van der Waals surface area contributed by atoms with Gasteiger partial charge in [0.25, 0.3) is 0 Å². The Morgan fingerprint density at radius 3 is 2.88 bits per heavy atom. The Hall–Kier alpha value is -2.06. The van der Waals surface area contributed by atoms with Crippen LogP contribution in [0.15, 0.2) is 18.2 Å². The molecule has 0 unspecified atom stereocenters. The van der Waals surface area contributed by atoms with Gasteiger partial charge in [-0.3, -0.25) is 4.79 Å². The van der Waals surface area contributed by atoms with Crippen LogP contribution in [0.4, 0.5) is 10.1 Å². The monoisotopic (exact) mass is 344 g/mol. The fourth-order valence-electron chi connectivity index (χ4n) is 2.94. The zero-order valence-electron chi connectivity index (χ0n) is 15.1. The second-order valence-corrected chi connectivity index (χ2v) is 7.52. The van der Waals surface area contributed by atoms with E-state index in [-0.39, 0.29) is 5.91 Å². The number of halogens is 1. The van der Waals surface area contributed by atoms with Crippen LogP contribution in [0.2, 0.25) is 0 Å². The number of nitrogens with zero attached hydrogens (tertiary/aromatic N) is 1. The molecular weight excluding hydrogens is 319 g/mol. The summed E-state index contributed by atoms with van der Waals surface area (Å²) in [5.41, 5.74) is 1.57. The molecule has 1 N–H and O–H groups in total. The third-order valence-corrected chi connectivity index (χ3v) is 4.91. The van der Waals surface area contributed by atoms with Crippen LogP contribution in [-0.2, 0) is 16.1 Å². The molecule has 1 aromatic carbocycles. The van der Waals surface area contributed by atoms with E-state index in [0.717, 1.165) is 23.4 Å². The number of fused-ring (bicyclic) bond motifs is 1. The summed E-state index contributed by atoms with van der Waals surface area (Å²) in [6.45, 7) is 5.15. The van der Waals surface area contributed by atoms with Gasteiger partial charge in [-0.05, 0) is 38.8 Å². The molecule has 5 heteroatoms.